The summed E-state index contributed by atoms with van der Waals surface area (Å²) in [6, 6.07) is 0. The zero-order chi connectivity index (χ0) is 10.3. The molecule has 80 valence electrons. The first-order valence-corrected chi connectivity index (χ1v) is 5.30. The summed E-state index contributed by atoms with van der Waals surface area (Å²) in [5, 5.41) is 3.34. The maximum Gasteiger partial charge on any atom is 0.0598 e. The number of ether oxygens (including phenoxy) is 1. The number of nitrogens with one attached hydrogen (secondary N) is 1. The van der Waals surface area contributed by atoms with Crippen molar-refractivity contribution in [3.05, 3.63) is 0 Å². The highest BCUT2D eigenvalue weighted by Gasteiger charge is 2.10. The van der Waals surface area contributed by atoms with Crippen LogP contribution in [0.5, 0.6) is 0 Å². The molecule has 0 aromatic heterocycles. The largest absolute Gasteiger partial charge is 0.376 e. The van der Waals surface area contributed by atoms with E-state index in [4.69, 9.17) is 4.74 Å². The van der Waals surface area contributed by atoms with Crippen molar-refractivity contribution in [2.75, 3.05) is 19.7 Å². The molecule has 0 aliphatic heterocycles. The second kappa shape index (κ2) is 6.39. The Morgan fingerprint density at radius 2 is 1.92 bits per heavy atom. The lowest BCUT2D eigenvalue weighted by Gasteiger charge is -2.21. The normalized spacial score (nSPS) is 14.5. The van der Waals surface area contributed by atoms with Crippen molar-refractivity contribution in [2.24, 2.45) is 5.92 Å². The molecule has 2 nitrogen and oxygen atoms in total. The Labute approximate surface area is 83.1 Å². The lowest BCUT2D eigenvalue weighted by atomic mass is 10.1. The molecule has 0 radical (unpaired) electrons. The van der Waals surface area contributed by atoms with E-state index in [2.05, 4.69) is 39.9 Å². The van der Waals surface area contributed by atoms with Gasteiger partial charge in [-0.15, -0.1) is 0 Å². The van der Waals surface area contributed by atoms with Crippen molar-refractivity contribution >= 4 is 0 Å². The third-order valence-corrected chi connectivity index (χ3v) is 1.89. The third kappa shape index (κ3) is 9.84. The van der Waals surface area contributed by atoms with Gasteiger partial charge in [-0.25, -0.2) is 0 Å². The van der Waals surface area contributed by atoms with Crippen LogP contribution in [-0.4, -0.2) is 25.3 Å². The smallest absolute Gasteiger partial charge is 0.0598 e. The van der Waals surface area contributed by atoms with Gasteiger partial charge < -0.3 is 10.1 Å². The molecule has 1 N–H and O–H groups in total. The number of rotatable bonds is 6. The van der Waals surface area contributed by atoms with Crippen LogP contribution in [-0.2, 0) is 4.74 Å². The molecule has 0 rings (SSSR count). The Kier molecular flexibility index (Phi) is 6.35. The van der Waals surface area contributed by atoms with Gasteiger partial charge in [0.15, 0.2) is 0 Å². The van der Waals surface area contributed by atoms with Gasteiger partial charge in [-0.2, -0.15) is 0 Å². The standard InChI is InChI=1S/C11H25NO/c1-6-12-9-10(2)7-8-13-11(3,4)5/h10,12H,6-9H2,1-5H3. The van der Waals surface area contributed by atoms with Crippen molar-refractivity contribution in [1.82, 2.24) is 5.32 Å². The molecule has 0 spiro atoms. The molecule has 0 fully saturated rings. The van der Waals surface area contributed by atoms with E-state index in [-0.39, 0.29) is 5.60 Å². The number of hydrogen-bond donors (Lipinski definition) is 1. The van der Waals surface area contributed by atoms with Gasteiger partial charge in [-0.3, -0.25) is 0 Å². The first kappa shape index (κ1) is 12.9. The van der Waals surface area contributed by atoms with Gasteiger partial charge >= 0.3 is 0 Å². The molecule has 0 aliphatic carbocycles. The van der Waals surface area contributed by atoms with Gasteiger partial charge in [0.25, 0.3) is 0 Å². The van der Waals surface area contributed by atoms with E-state index in [1.807, 2.05) is 0 Å². The lowest BCUT2D eigenvalue weighted by Crippen LogP contribution is -2.24. The highest BCUT2D eigenvalue weighted by molar-refractivity contribution is 4.61. The third-order valence-electron chi connectivity index (χ3n) is 1.89. The van der Waals surface area contributed by atoms with Gasteiger partial charge in [0.2, 0.25) is 0 Å². The minimum absolute atomic E-state index is 0.0118. The molecule has 0 aromatic rings. The second-order valence-electron chi connectivity index (χ2n) is 4.66. The summed E-state index contributed by atoms with van der Waals surface area (Å²) in [4.78, 5) is 0. The highest BCUT2D eigenvalue weighted by Crippen LogP contribution is 2.09. The van der Waals surface area contributed by atoms with Crippen molar-refractivity contribution < 1.29 is 4.74 Å². The van der Waals surface area contributed by atoms with E-state index < -0.39 is 0 Å². The maximum absolute atomic E-state index is 5.65. The summed E-state index contributed by atoms with van der Waals surface area (Å²) in [5.74, 6) is 0.710. The van der Waals surface area contributed by atoms with E-state index in [1.54, 1.807) is 0 Å². The molecule has 0 heterocycles. The molecular formula is C11H25NO. The van der Waals surface area contributed by atoms with Crippen molar-refractivity contribution in [3.63, 3.8) is 0 Å². The molecule has 0 aliphatic rings. The van der Waals surface area contributed by atoms with Crippen LogP contribution in [0, 0.1) is 5.92 Å². The molecule has 0 aromatic carbocycles. The monoisotopic (exact) mass is 187 g/mol. The molecule has 1 unspecified atom stereocenters. The molecule has 0 saturated heterocycles. The summed E-state index contributed by atoms with van der Waals surface area (Å²) < 4.78 is 5.65. The molecular weight excluding hydrogens is 162 g/mol. The summed E-state index contributed by atoms with van der Waals surface area (Å²) in [6.07, 6.45) is 1.14. The first-order valence-electron chi connectivity index (χ1n) is 5.30. The van der Waals surface area contributed by atoms with E-state index in [0.29, 0.717) is 5.92 Å². The van der Waals surface area contributed by atoms with Gasteiger partial charge in [0, 0.05) is 6.61 Å². The van der Waals surface area contributed by atoms with Crippen LogP contribution in [0.4, 0.5) is 0 Å². The molecule has 0 bridgehead atoms. The van der Waals surface area contributed by atoms with Crippen molar-refractivity contribution in [1.29, 1.82) is 0 Å². The van der Waals surface area contributed by atoms with Crippen LogP contribution in [0.25, 0.3) is 0 Å². The first-order chi connectivity index (χ1) is 5.95. The second-order valence-corrected chi connectivity index (χ2v) is 4.66. The Hall–Kier alpha value is -0.0800. The fraction of sp³-hybridized carbons (Fsp3) is 1.00. The zero-order valence-corrected chi connectivity index (χ0v) is 9.81. The molecule has 0 amide bonds. The van der Waals surface area contributed by atoms with Gasteiger partial charge in [-0.05, 0) is 46.2 Å². The molecule has 0 saturated carbocycles. The van der Waals surface area contributed by atoms with E-state index in [0.717, 1.165) is 26.1 Å². The van der Waals surface area contributed by atoms with Crippen LogP contribution >= 0.6 is 0 Å². The highest BCUT2D eigenvalue weighted by atomic mass is 16.5. The predicted octanol–water partition coefficient (Wildman–Crippen LogP) is 2.44. The van der Waals surface area contributed by atoms with Crippen molar-refractivity contribution in [3.8, 4) is 0 Å². The van der Waals surface area contributed by atoms with Crippen LogP contribution in [0.1, 0.15) is 41.0 Å². The molecule has 1 atom stereocenters. The van der Waals surface area contributed by atoms with Gasteiger partial charge in [0.1, 0.15) is 0 Å². The van der Waals surface area contributed by atoms with Gasteiger partial charge in [0.05, 0.1) is 5.60 Å². The molecule has 2 heteroatoms. The number of hydrogen-bond acceptors (Lipinski definition) is 2. The fourth-order valence-electron chi connectivity index (χ4n) is 1.06. The minimum atomic E-state index is 0.0118. The summed E-state index contributed by atoms with van der Waals surface area (Å²) in [5.41, 5.74) is 0.0118. The van der Waals surface area contributed by atoms with Crippen LogP contribution < -0.4 is 5.32 Å². The summed E-state index contributed by atoms with van der Waals surface area (Å²) in [7, 11) is 0. The van der Waals surface area contributed by atoms with Crippen molar-refractivity contribution in [2.45, 2.75) is 46.6 Å². The van der Waals surface area contributed by atoms with Crippen LogP contribution in [0.3, 0.4) is 0 Å². The lowest BCUT2D eigenvalue weighted by molar-refractivity contribution is -0.00841. The SMILES string of the molecule is CCNCC(C)CCOC(C)(C)C. The van der Waals surface area contributed by atoms with Crippen LogP contribution in [0.15, 0.2) is 0 Å². The maximum atomic E-state index is 5.65. The van der Waals surface area contributed by atoms with E-state index >= 15 is 0 Å². The fourth-order valence-corrected chi connectivity index (χ4v) is 1.06. The average molecular weight is 187 g/mol. The predicted molar refractivity (Wildman–Crippen MR) is 58.0 cm³/mol. The van der Waals surface area contributed by atoms with E-state index in [9.17, 15) is 0 Å². The topological polar surface area (TPSA) is 21.3 Å². The Morgan fingerprint density at radius 1 is 1.31 bits per heavy atom. The van der Waals surface area contributed by atoms with E-state index in [1.165, 1.54) is 0 Å². The average Bonchev–Trinajstić information content (AvgIpc) is 1.98. The quantitative estimate of drug-likeness (QED) is 0.689. The Morgan fingerprint density at radius 3 is 2.38 bits per heavy atom. The summed E-state index contributed by atoms with van der Waals surface area (Å²) >= 11 is 0. The van der Waals surface area contributed by atoms with Crippen LogP contribution in [0.2, 0.25) is 0 Å². The Balaban J connectivity index is 3.31. The minimum Gasteiger partial charge on any atom is -0.376 e. The summed E-state index contributed by atoms with van der Waals surface area (Å²) in [6.45, 7) is 13.7. The molecule has 13 heavy (non-hydrogen) atoms. The van der Waals surface area contributed by atoms with Gasteiger partial charge in [-0.1, -0.05) is 13.8 Å². The zero-order valence-electron chi connectivity index (χ0n) is 9.81. The Bertz CT molecular complexity index is 118.